The number of hydrogen-bond acceptors (Lipinski definition) is 3. The molecule has 1 saturated carbocycles. The number of aliphatic carboxylic acids is 1. The van der Waals surface area contributed by atoms with Crippen molar-refractivity contribution >= 4 is 5.97 Å². The molecule has 58 valence electrons. The molecule has 0 amide bonds. The fourth-order valence-corrected chi connectivity index (χ4v) is 1.26. The Labute approximate surface area is 58.6 Å². The summed E-state index contributed by atoms with van der Waals surface area (Å²) in [5, 5.41) is 17.7. The summed E-state index contributed by atoms with van der Waals surface area (Å²) in [6.45, 7) is 0. The Hall–Kier alpha value is -0.610. The Morgan fingerprint density at radius 2 is 2.30 bits per heavy atom. The fraction of sp³-hybridized carbons (Fsp3) is 0.833. The van der Waals surface area contributed by atoms with Crippen LogP contribution in [0, 0.1) is 0 Å². The predicted octanol–water partition coefficient (Wildman–Crippen LogP) is -0.687. The van der Waals surface area contributed by atoms with E-state index in [1.807, 2.05) is 0 Å². The number of carboxylic acid groups (broad SMARTS) is 1. The third-order valence-corrected chi connectivity index (χ3v) is 2.06. The SMILES string of the molecule is N[C@]1(C(=O)O)CCC[C@@H]1O. The summed E-state index contributed by atoms with van der Waals surface area (Å²) in [7, 11) is 0. The van der Waals surface area contributed by atoms with Gasteiger partial charge >= 0.3 is 5.97 Å². The highest BCUT2D eigenvalue weighted by Gasteiger charge is 2.45. The molecule has 0 spiro atoms. The minimum Gasteiger partial charge on any atom is -0.480 e. The summed E-state index contributed by atoms with van der Waals surface area (Å²) < 4.78 is 0. The van der Waals surface area contributed by atoms with Crippen molar-refractivity contribution in [3.63, 3.8) is 0 Å². The third kappa shape index (κ3) is 0.892. The first-order chi connectivity index (χ1) is 4.57. The number of carbonyl (C=O) groups is 1. The summed E-state index contributed by atoms with van der Waals surface area (Å²) in [5.41, 5.74) is 4.02. The molecule has 0 bridgehead atoms. The van der Waals surface area contributed by atoms with Crippen molar-refractivity contribution < 1.29 is 15.0 Å². The van der Waals surface area contributed by atoms with Gasteiger partial charge in [-0.2, -0.15) is 0 Å². The Morgan fingerprint density at radius 1 is 1.70 bits per heavy atom. The molecule has 1 aliphatic carbocycles. The number of rotatable bonds is 1. The Kier molecular flexibility index (Phi) is 1.66. The molecule has 1 rings (SSSR count). The number of carboxylic acids is 1. The molecule has 0 aromatic heterocycles. The largest absolute Gasteiger partial charge is 0.480 e. The minimum atomic E-state index is -1.38. The topological polar surface area (TPSA) is 83.6 Å². The van der Waals surface area contributed by atoms with Crippen LogP contribution in [0.2, 0.25) is 0 Å². The van der Waals surface area contributed by atoms with Crippen LogP contribution >= 0.6 is 0 Å². The highest BCUT2D eigenvalue weighted by Crippen LogP contribution is 2.27. The van der Waals surface area contributed by atoms with Crippen LogP contribution in [0.3, 0.4) is 0 Å². The van der Waals surface area contributed by atoms with Crippen LogP contribution in [0.5, 0.6) is 0 Å². The van der Waals surface area contributed by atoms with Crippen LogP contribution in [-0.4, -0.2) is 27.8 Å². The normalized spacial score (nSPS) is 40.0. The standard InChI is InChI=1S/C6H11NO3/c7-6(5(9)10)3-1-2-4(6)8/h4,8H,1-3,7H2,(H,9,10)/t4-,6+/m0/s1. The van der Waals surface area contributed by atoms with E-state index in [9.17, 15) is 4.79 Å². The molecule has 4 N–H and O–H groups in total. The van der Waals surface area contributed by atoms with E-state index < -0.39 is 17.6 Å². The average molecular weight is 145 g/mol. The first kappa shape index (κ1) is 7.50. The van der Waals surface area contributed by atoms with Crippen LogP contribution < -0.4 is 5.73 Å². The maximum absolute atomic E-state index is 10.4. The number of aliphatic hydroxyl groups excluding tert-OH is 1. The molecule has 10 heavy (non-hydrogen) atoms. The molecule has 1 fully saturated rings. The van der Waals surface area contributed by atoms with Gasteiger partial charge in [-0.1, -0.05) is 0 Å². The zero-order valence-corrected chi connectivity index (χ0v) is 5.58. The number of hydrogen-bond donors (Lipinski definition) is 3. The van der Waals surface area contributed by atoms with Gasteiger partial charge in [0, 0.05) is 0 Å². The molecule has 0 aromatic rings. The zero-order chi connectivity index (χ0) is 7.78. The Morgan fingerprint density at radius 3 is 2.50 bits per heavy atom. The molecule has 2 atom stereocenters. The van der Waals surface area contributed by atoms with E-state index in [4.69, 9.17) is 15.9 Å². The lowest BCUT2D eigenvalue weighted by Gasteiger charge is -2.21. The van der Waals surface area contributed by atoms with Gasteiger partial charge in [0.15, 0.2) is 0 Å². The van der Waals surface area contributed by atoms with E-state index in [0.29, 0.717) is 19.3 Å². The van der Waals surface area contributed by atoms with Gasteiger partial charge in [0.2, 0.25) is 0 Å². The van der Waals surface area contributed by atoms with Crippen LogP contribution in [0.1, 0.15) is 19.3 Å². The lowest BCUT2D eigenvalue weighted by atomic mass is 9.97. The molecule has 0 aliphatic heterocycles. The van der Waals surface area contributed by atoms with Crippen molar-refractivity contribution in [3.05, 3.63) is 0 Å². The van der Waals surface area contributed by atoms with Gasteiger partial charge < -0.3 is 15.9 Å². The van der Waals surface area contributed by atoms with Crippen molar-refractivity contribution in [3.8, 4) is 0 Å². The van der Waals surface area contributed by atoms with E-state index in [0.717, 1.165) is 0 Å². The molecule has 0 radical (unpaired) electrons. The smallest absolute Gasteiger partial charge is 0.326 e. The quantitative estimate of drug-likeness (QED) is 0.456. The summed E-state index contributed by atoms with van der Waals surface area (Å²) in [5.74, 6) is -1.10. The average Bonchev–Trinajstić information content (AvgIpc) is 2.15. The van der Waals surface area contributed by atoms with Crippen molar-refractivity contribution in [1.82, 2.24) is 0 Å². The predicted molar refractivity (Wildman–Crippen MR) is 34.4 cm³/mol. The van der Waals surface area contributed by atoms with Gasteiger partial charge in [-0.3, -0.25) is 4.79 Å². The zero-order valence-electron chi connectivity index (χ0n) is 5.58. The molecule has 4 nitrogen and oxygen atoms in total. The molecule has 4 heteroatoms. The summed E-state index contributed by atoms with van der Waals surface area (Å²) in [6.07, 6.45) is 0.709. The van der Waals surface area contributed by atoms with Gasteiger partial charge in [0.25, 0.3) is 0 Å². The fourth-order valence-electron chi connectivity index (χ4n) is 1.26. The van der Waals surface area contributed by atoms with Gasteiger partial charge in [-0.05, 0) is 19.3 Å². The maximum Gasteiger partial charge on any atom is 0.326 e. The first-order valence-electron chi connectivity index (χ1n) is 3.28. The van der Waals surface area contributed by atoms with Crippen molar-refractivity contribution in [2.75, 3.05) is 0 Å². The highest BCUT2D eigenvalue weighted by atomic mass is 16.4. The lowest BCUT2D eigenvalue weighted by molar-refractivity contribution is -0.146. The second-order valence-electron chi connectivity index (χ2n) is 2.75. The maximum atomic E-state index is 10.4. The molecule has 0 heterocycles. The monoisotopic (exact) mass is 145 g/mol. The van der Waals surface area contributed by atoms with Gasteiger partial charge in [0.05, 0.1) is 6.10 Å². The van der Waals surface area contributed by atoms with Crippen LogP contribution in [0.4, 0.5) is 0 Å². The molecule has 0 saturated heterocycles. The second-order valence-corrected chi connectivity index (χ2v) is 2.75. The Bertz CT molecular complexity index is 159. The highest BCUT2D eigenvalue weighted by molar-refractivity contribution is 5.79. The Balaban J connectivity index is 2.75. The molecular weight excluding hydrogens is 134 g/mol. The second kappa shape index (κ2) is 2.21. The van der Waals surface area contributed by atoms with E-state index in [1.54, 1.807) is 0 Å². The summed E-state index contributed by atoms with van der Waals surface area (Å²) in [4.78, 5) is 10.4. The van der Waals surface area contributed by atoms with Crippen molar-refractivity contribution in [2.45, 2.75) is 30.9 Å². The van der Waals surface area contributed by atoms with Crippen LogP contribution in [0.15, 0.2) is 0 Å². The van der Waals surface area contributed by atoms with Crippen LogP contribution in [0.25, 0.3) is 0 Å². The molecule has 0 aromatic carbocycles. The molecule has 0 unspecified atom stereocenters. The van der Waals surface area contributed by atoms with Crippen molar-refractivity contribution in [1.29, 1.82) is 0 Å². The minimum absolute atomic E-state index is 0.378. The van der Waals surface area contributed by atoms with E-state index >= 15 is 0 Å². The van der Waals surface area contributed by atoms with E-state index in [2.05, 4.69) is 0 Å². The summed E-state index contributed by atoms with van der Waals surface area (Å²) in [6, 6.07) is 0. The number of aliphatic hydroxyl groups is 1. The van der Waals surface area contributed by atoms with E-state index in [-0.39, 0.29) is 0 Å². The molecule has 1 aliphatic rings. The van der Waals surface area contributed by atoms with Gasteiger partial charge in [0.1, 0.15) is 5.54 Å². The van der Waals surface area contributed by atoms with Gasteiger partial charge in [-0.15, -0.1) is 0 Å². The summed E-state index contributed by atoms with van der Waals surface area (Å²) >= 11 is 0. The van der Waals surface area contributed by atoms with Gasteiger partial charge in [-0.25, -0.2) is 0 Å². The molecular formula is C6H11NO3. The lowest BCUT2D eigenvalue weighted by Crippen LogP contribution is -2.53. The first-order valence-corrected chi connectivity index (χ1v) is 3.28. The number of nitrogens with two attached hydrogens (primary N) is 1. The van der Waals surface area contributed by atoms with Crippen LogP contribution in [-0.2, 0) is 4.79 Å². The van der Waals surface area contributed by atoms with Crippen molar-refractivity contribution in [2.24, 2.45) is 5.73 Å². The van der Waals surface area contributed by atoms with E-state index in [1.165, 1.54) is 0 Å². The third-order valence-electron chi connectivity index (χ3n) is 2.06.